The van der Waals surface area contributed by atoms with Crippen LogP contribution in [0.4, 0.5) is 0 Å². The molecule has 0 fully saturated rings. The summed E-state index contributed by atoms with van der Waals surface area (Å²) >= 11 is 3.48. The van der Waals surface area contributed by atoms with Gasteiger partial charge in [-0.3, -0.25) is 0 Å². The fourth-order valence-electron chi connectivity index (χ4n) is 1.84. The third-order valence-electron chi connectivity index (χ3n) is 2.87. The topological polar surface area (TPSA) is 67.8 Å². The first-order valence-corrected chi connectivity index (χ1v) is 6.88. The Hall–Kier alpha value is -1.85. The first-order chi connectivity index (χ1) is 9.72. The van der Waals surface area contributed by atoms with Crippen molar-refractivity contribution in [3.8, 4) is 0 Å². The zero-order chi connectivity index (χ0) is 14.4. The molecular formula is C15H15BrN2O2. The summed E-state index contributed by atoms with van der Waals surface area (Å²) in [5.74, 6) is 0.0880. The zero-order valence-corrected chi connectivity index (χ0v) is 12.4. The number of rotatable bonds is 5. The normalized spacial score (nSPS) is 11.6. The van der Waals surface area contributed by atoms with Gasteiger partial charge in [0.2, 0.25) is 0 Å². The minimum absolute atomic E-state index is 0.0880. The van der Waals surface area contributed by atoms with E-state index in [1.54, 1.807) is 6.07 Å². The van der Waals surface area contributed by atoms with Gasteiger partial charge in [0, 0.05) is 10.0 Å². The first kappa shape index (κ1) is 14.6. The lowest BCUT2D eigenvalue weighted by Gasteiger charge is -2.10. The van der Waals surface area contributed by atoms with Crippen LogP contribution in [-0.4, -0.2) is 11.0 Å². The third-order valence-corrected chi connectivity index (χ3v) is 3.65. The molecule has 0 atom stereocenters. The Kier molecular flexibility index (Phi) is 5.15. The number of ether oxygens (including phenoxy) is 1. The molecule has 0 bridgehead atoms. The molecule has 0 aromatic heterocycles. The SMILES string of the molecule is N/C(=N/O)c1ccccc1COCc1ccccc1Br. The van der Waals surface area contributed by atoms with Gasteiger partial charge in [-0.15, -0.1) is 0 Å². The van der Waals surface area contributed by atoms with Crippen molar-refractivity contribution >= 4 is 21.8 Å². The van der Waals surface area contributed by atoms with E-state index in [0.29, 0.717) is 18.8 Å². The highest BCUT2D eigenvalue weighted by molar-refractivity contribution is 9.10. The lowest BCUT2D eigenvalue weighted by Crippen LogP contribution is -2.15. The maximum Gasteiger partial charge on any atom is 0.170 e. The van der Waals surface area contributed by atoms with Gasteiger partial charge in [-0.2, -0.15) is 0 Å². The number of benzene rings is 2. The number of hydrogen-bond donors (Lipinski definition) is 2. The summed E-state index contributed by atoms with van der Waals surface area (Å²) in [4.78, 5) is 0. The predicted octanol–water partition coefficient (Wildman–Crippen LogP) is 3.26. The highest BCUT2D eigenvalue weighted by Gasteiger charge is 2.06. The van der Waals surface area contributed by atoms with Crippen LogP contribution in [0.2, 0.25) is 0 Å². The summed E-state index contributed by atoms with van der Waals surface area (Å²) in [6.45, 7) is 0.889. The maximum atomic E-state index is 8.77. The lowest BCUT2D eigenvalue weighted by atomic mass is 10.1. The fraction of sp³-hybridized carbons (Fsp3) is 0.133. The van der Waals surface area contributed by atoms with Gasteiger partial charge in [0.25, 0.3) is 0 Å². The molecule has 2 aromatic rings. The molecule has 5 heteroatoms. The Labute approximate surface area is 126 Å². The van der Waals surface area contributed by atoms with Crippen molar-refractivity contribution in [1.29, 1.82) is 0 Å². The Morgan fingerprint density at radius 1 is 1.05 bits per heavy atom. The number of halogens is 1. The molecule has 2 aromatic carbocycles. The number of nitrogens with zero attached hydrogens (tertiary/aromatic N) is 1. The van der Waals surface area contributed by atoms with Crippen molar-refractivity contribution < 1.29 is 9.94 Å². The summed E-state index contributed by atoms with van der Waals surface area (Å²) in [6.07, 6.45) is 0. The van der Waals surface area contributed by atoms with E-state index in [1.165, 1.54) is 0 Å². The third kappa shape index (κ3) is 3.59. The van der Waals surface area contributed by atoms with Crippen LogP contribution in [0, 0.1) is 0 Å². The van der Waals surface area contributed by atoms with Crippen LogP contribution in [0.1, 0.15) is 16.7 Å². The smallest absolute Gasteiger partial charge is 0.170 e. The van der Waals surface area contributed by atoms with Crippen LogP contribution >= 0.6 is 15.9 Å². The highest BCUT2D eigenvalue weighted by Crippen LogP contribution is 2.18. The van der Waals surface area contributed by atoms with Crippen molar-refractivity contribution in [2.45, 2.75) is 13.2 Å². The van der Waals surface area contributed by atoms with E-state index in [9.17, 15) is 0 Å². The molecule has 0 saturated heterocycles. The van der Waals surface area contributed by atoms with Crippen molar-refractivity contribution in [2.75, 3.05) is 0 Å². The van der Waals surface area contributed by atoms with Crippen LogP contribution in [0.15, 0.2) is 58.2 Å². The molecule has 3 N–H and O–H groups in total. The fourth-order valence-corrected chi connectivity index (χ4v) is 2.24. The number of hydrogen-bond acceptors (Lipinski definition) is 3. The standard InChI is InChI=1S/C15H15BrN2O2/c16-14-8-4-2-6-12(14)10-20-9-11-5-1-3-7-13(11)15(17)18-19/h1-8,19H,9-10H2,(H2,17,18). The second kappa shape index (κ2) is 7.07. The molecule has 4 nitrogen and oxygen atoms in total. The summed E-state index contributed by atoms with van der Waals surface area (Å²) in [7, 11) is 0. The summed E-state index contributed by atoms with van der Waals surface area (Å²) in [5.41, 5.74) is 8.28. The molecule has 0 radical (unpaired) electrons. The lowest BCUT2D eigenvalue weighted by molar-refractivity contribution is 0.106. The Morgan fingerprint density at radius 3 is 2.35 bits per heavy atom. The molecule has 0 aliphatic rings. The monoisotopic (exact) mass is 334 g/mol. The molecule has 0 amide bonds. The molecule has 0 aliphatic carbocycles. The second-order valence-corrected chi connectivity index (χ2v) is 5.08. The van der Waals surface area contributed by atoms with E-state index in [0.717, 1.165) is 15.6 Å². The molecular weight excluding hydrogens is 320 g/mol. The summed E-state index contributed by atoms with van der Waals surface area (Å²) < 4.78 is 6.72. The zero-order valence-electron chi connectivity index (χ0n) is 10.8. The van der Waals surface area contributed by atoms with Gasteiger partial charge < -0.3 is 15.7 Å². The molecule has 20 heavy (non-hydrogen) atoms. The molecule has 0 heterocycles. The van der Waals surface area contributed by atoms with Gasteiger partial charge in [-0.1, -0.05) is 63.6 Å². The minimum Gasteiger partial charge on any atom is -0.409 e. The number of nitrogens with two attached hydrogens (primary N) is 1. The Balaban J connectivity index is 2.03. The first-order valence-electron chi connectivity index (χ1n) is 6.09. The van der Waals surface area contributed by atoms with Gasteiger partial charge in [0.15, 0.2) is 5.84 Å². The number of oxime groups is 1. The van der Waals surface area contributed by atoms with Gasteiger partial charge in [-0.25, -0.2) is 0 Å². The van der Waals surface area contributed by atoms with Crippen LogP contribution in [-0.2, 0) is 18.0 Å². The van der Waals surface area contributed by atoms with Crippen LogP contribution in [0.25, 0.3) is 0 Å². The molecule has 0 aliphatic heterocycles. The van der Waals surface area contributed by atoms with Crippen molar-refractivity contribution in [3.05, 3.63) is 69.7 Å². The van der Waals surface area contributed by atoms with Crippen LogP contribution in [0.3, 0.4) is 0 Å². The predicted molar refractivity (Wildman–Crippen MR) is 81.6 cm³/mol. The van der Waals surface area contributed by atoms with Crippen LogP contribution < -0.4 is 5.73 Å². The van der Waals surface area contributed by atoms with E-state index in [1.807, 2.05) is 42.5 Å². The largest absolute Gasteiger partial charge is 0.409 e. The van der Waals surface area contributed by atoms with Gasteiger partial charge in [0.1, 0.15) is 0 Å². The van der Waals surface area contributed by atoms with Crippen molar-refractivity contribution in [3.63, 3.8) is 0 Å². The maximum absolute atomic E-state index is 8.77. The average Bonchev–Trinajstić information content (AvgIpc) is 2.49. The minimum atomic E-state index is 0.0880. The van der Waals surface area contributed by atoms with Crippen molar-refractivity contribution in [2.24, 2.45) is 10.9 Å². The van der Waals surface area contributed by atoms with Crippen LogP contribution in [0.5, 0.6) is 0 Å². The van der Waals surface area contributed by atoms with E-state index in [4.69, 9.17) is 15.7 Å². The van der Waals surface area contributed by atoms with E-state index >= 15 is 0 Å². The van der Waals surface area contributed by atoms with Gasteiger partial charge in [-0.05, 0) is 17.2 Å². The summed E-state index contributed by atoms with van der Waals surface area (Å²) in [5, 5.41) is 11.8. The molecule has 0 spiro atoms. The Bertz CT molecular complexity index is 614. The Morgan fingerprint density at radius 2 is 1.65 bits per heavy atom. The quantitative estimate of drug-likeness (QED) is 0.381. The van der Waals surface area contributed by atoms with Gasteiger partial charge in [0.05, 0.1) is 13.2 Å². The number of amidine groups is 1. The van der Waals surface area contributed by atoms with E-state index < -0.39 is 0 Å². The molecule has 0 saturated carbocycles. The van der Waals surface area contributed by atoms with E-state index in [2.05, 4.69) is 21.1 Å². The average molecular weight is 335 g/mol. The molecule has 2 rings (SSSR count). The van der Waals surface area contributed by atoms with Gasteiger partial charge >= 0.3 is 0 Å². The highest BCUT2D eigenvalue weighted by atomic mass is 79.9. The second-order valence-electron chi connectivity index (χ2n) is 4.23. The van der Waals surface area contributed by atoms with E-state index in [-0.39, 0.29) is 5.84 Å². The molecule has 104 valence electrons. The molecule has 0 unspecified atom stereocenters. The summed E-state index contributed by atoms with van der Waals surface area (Å²) in [6, 6.07) is 15.3. The van der Waals surface area contributed by atoms with Crippen molar-refractivity contribution in [1.82, 2.24) is 0 Å².